The van der Waals surface area contributed by atoms with Gasteiger partial charge < -0.3 is 13.9 Å². The minimum atomic E-state index is -0.695. The topological polar surface area (TPSA) is 87.3 Å². The summed E-state index contributed by atoms with van der Waals surface area (Å²) in [6.07, 6.45) is -0.695. The predicted octanol–water partition coefficient (Wildman–Crippen LogP) is 4.85. The molecule has 0 aliphatic heterocycles. The molecule has 3 heterocycles. The summed E-state index contributed by atoms with van der Waals surface area (Å²) in [7, 11) is 1.60. The van der Waals surface area contributed by atoms with Gasteiger partial charge in [0.2, 0.25) is 5.89 Å². The molecule has 0 aliphatic rings. The number of hydrogen-bond donors (Lipinski definition) is 0. The Morgan fingerprint density at radius 3 is 2.68 bits per heavy atom. The average Bonchev–Trinajstić information content (AvgIpc) is 3.49. The van der Waals surface area contributed by atoms with Gasteiger partial charge in [-0.2, -0.15) is 0 Å². The zero-order valence-corrected chi connectivity index (χ0v) is 16.6. The van der Waals surface area contributed by atoms with Gasteiger partial charge >= 0.3 is 5.97 Å². The van der Waals surface area contributed by atoms with Gasteiger partial charge in [-0.1, -0.05) is 6.07 Å². The monoisotopic (exact) mass is 413 g/mol. The Kier molecular flexibility index (Phi) is 5.18. The molecule has 0 fully saturated rings. The largest absolute Gasteiger partial charge is 0.497 e. The number of rotatable bonds is 6. The number of thiophene rings is 1. The summed E-state index contributed by atoms with van der Waals surface area (Å²) >= 11 is 2.97. The van der Waals surface area contributed by atoms with E-state index in [0.29, 0.717) is 5.89 Å². The number of thiazole rings is 1. The van der Waals surface area contributed by atoms with E-state index in [2.05, 4.69) is 15.2 Å². The van der Waals surface area contributed by atoms with Crippen molar-refractivity contribution in [3.8, 4) is 27.1 Å². The van der Waals surface area contributed by atoms with Crippen molar-refractivity contribution in [2.45, 2.75) is 13.0 Å². The van der Waals surface area contributed by atoms with Crippen molar-refractivity contribution in [1.29, 1.82) is 0 Å². The van der Waals surface area contributed by atoms with Crippen LogP contribution in [-0.4, -0.2) is 28.3 Å². The van der Waals surface area contributed by atoms with Gasteiger partial charge in [-0.25, -0.2) is 9.78 Å². The summed E-state index contributed by atoms with van der Waals surface area (Å²) in [5.74, 6) is 0.758. The molecule has 0 spiro atoms. The van der Waals surface area contributed by atoms with Gasteiger partial charge in [0.1, 0.15) is 10.8 Å². The first kappa shape index (κ1) is 18.3. The van der Waals surface area contributed by atoms with E-state index in [1.165, 1.54) is 11.3 Å². The van der Waals surface area contributed by atoms with Gasteiger partial charge in [-0.3, -0.25) is 0 Å². The first-order valence-corrected chi connectivity index (χ1v) is 10.1. The third-order valence-electron chi connectivity index (χ3n) is 3.85. The molecule has 0 bridgehead atoms. The van der Waals surface area contributed by atoms with Crippen molar-refractivity contribution in [3.05, 3.63) is 58.7 Å². The number of methoxy groups -OCH3 is 1. The summed E-state index contributed by atoms with van der Waals surface area (Å²) in [6, 6.07) is 11.1. The molecule has 28 heavy (non-hydrogen) atoms. The van der Waals surface area contributed by atoms with E-state index in [0.717, 1.165) is 21.2 Å². The summed E-state index contributed by atoms with van der Waals surface area (Å²) in [5, 5.41) is 12.4. The van der Waals surface area contributed by atoms with Crippen LogP contribution in [0.15, 0.2) is 51.6 Å². The van der Waals surface area contributed by atoms with E-state index in [-0.39, 0.29) is 11.6 Å². The lowest BCUT2D eigenvalue weighted by Gasteiger charge is -2.07. The lowest BCUT2D eigenvalue weighted by Crippen LogP contribution is -2.10. The van der Waals surface area contributed by atoms with Crippen LogP contribution in [-0.2, 0) is 4.74 Å². The van der Waals surface area contributed by atoms with Crippen LogP contribution in [0.2, 0.25) is 0 Å². The molecule has 142 valence electrons. The molecule has 0 saturated carbocycles. The maximum absolute atomic E-state index is 12.4. The zero-order valence-electron chi connectivity index (χ0n) is 15.0. The number of benzene rings is 1. The maximum atomic E-state index is 12.4. The Morgan fingerprint density at radius 1 is 1.14 bits per heavy atom. The van der Waals surface area contributed by atoms with Gasteiger partial charge in [0.05, 0.1) is 12.0 Å². The normalized spacial score (nSPS) is 11.9. The van der Waals surface area contributed by atoms with Crippen molar-refractivity contribution in [3.63, 3.8) is 0 Å². The SMILES string of the molecule is COc1ccc(-c2nnc([C@@H](C)OC(=O)c3csc(-c4cccs4)n3)o2)cc1. The smallest absolute Gasteiger partial charge is 0.358 e. The minimum absolute atomic E-state index is 0.216. The van der Waals surface area contributed by atoms with Gasteiger partial charge in [-0.05, 0) is 42.6 Å². The van der Waals surface area contributed by atoms with Crippen LogP contribution >= 0.6 is 22.7 Å². The molecule has 0 aliphatic carbocycles. The zero-order chi connectivity index (χ0) is 19.5. The fourth-order valence-electron chi connectivity index (χ4n) is 2.40. The van der Waals surface area contributed by atoms with E-state index in [1.54, 1.807) is 42.9 Å². The van der Waals surface area contributed by atoms with E-state index in [4.69, 9.17) is 13.9 Å². The van der Waals surface area contributed by atoms with Gasteiger partial charge in [0.15, 0.2) is 11.8 Å². The van der Waals surface area contributed by atoms with Crippen LogP contribution in [0.1, 0.15) is 29.4 Å². The first-order chi connectivity index (χ1) is 13.6. The van der Waals surface area contributed by atoms with Gasteiger partial charge in [0.25, 0.3) is 5.89 Å². The number of hydrogen-bond acceptors (Lipinski definition) is 9. The summed E-state index contributed by atoms with van der Waals surface area (Å²) in [4.78, 5) is 17.7. The number of carbonyl (C=O) groups is 1. The first-order valence-electron chi connectivity index (χ1n) is 8.32. The van der Waals surface area contributed by atoms with Gasteiger partial charge in [0, 0.05) is 10.9 Å². The lowest BCUT2D eigenvalue weighted by molar-refractivity contribution is 0.0274. The molecule has 4 aromatic rings. The average molecular weight is 413 g/mol. The summed E-state index contributed by atoms with van der Waals surface area (Å²) in [5.41, 5.74) is 1.01. The third kappa shape index (κ3) is 3.80. The Labute approximate surface area is 168 Å². The highest BCUT2D eigenvalue weighted by Crippen LogP contribution is 2.29. The number of ether oxygens (including phenoxy) is 2. The predicted molar refractivity (Wildman–Crippen MR) is 106 cm³/mol. The quantitative estimate of drug-likeness (QED) is 0.418. The summed E-state index contributed by atoms with van der Waals surface area (Å²) in [6.45, 7) is 1.68. The third-order valence-corrected chi connectivity index (χ3v) is 5.74. The molecule has 3 aromatic heterocycles. The van der Waals surface area contributed by atoms with E-state index in [9.17, 15) is 4.79 Å². The summed E-state index contributed by atoms with van der Waals surface area (Å²) < 4.78 is 16.2. The lowest BCUT2D eigenvalue weighted by atomic mass is 10.2. The second-order valence-corrected chi connectivity index (χ2v) is 7.54. The highest BCUT2D eigenvalue weighted by atomic mass is 32.1. The van der Waals surface area contributed by atoms with Gasteiger partial charge in [-0.15, -0.1) is 32.9 Å². The molecule has 0 unspecified atom stereocenters. The van der Waals surface area contributed by atoms with Crippen LogP contribution in [0.25, 0.3) is 21.3 Å². The fourth-order valence-corrected chi connectivity index (χ4v) is 4.00. The second kappa shape index (κ2) is 7.91. The molecule has 9 heteroatoms. The van der Waals surface area contributed by atoms with Crippen LogP contribution in [0, 0.1) is 0 Å². The minimum Gasteiger partial charge on any atom is -0.497 e. The van der Waals surface area contributed by atoms with E-state index >= 15 is 0 Å². The fraction of sp³-hybridized carbons (Fsp3) is 0.158. The molecule has 1 atom stereocenters. The van der Waals surface area contributed by atoms with Crippen molar-refractivity contribution >= 4 is 28.6 Å². The molecule has 7 nitrogen and oxygen atoms in total. The number of carbonyl (C=O) groups excluding carboxylic acids is 1. The Hall–Kier alpha value is -3.04. The Bertz CT molecular complexity index is 1070. The second-order valence-electron chi connectivity index (χ2n) is 5.74. The van der Waals surface area contributed by atoms with Crippen LogP contribution in [0.5, 0.6) is 5.75 Å². The van der Waals surface area contributed by atoms with E-state index in [1.807, 2.05) is 29.6 Å². The van der Waals surface area contributed by atoms with Crippen LogP contribution in [0.3, 0.4) is 0 Å². The molecule has 0 N–H and O–H groups in total. The molecular weight excluding hydrogens is 398 g/mol. The Balaban J connectivity index is 1.44. The highest BCUT2D eigenvalue weighted by Gasteiger charge is 2.22. The maximum Gasteiger partial charge on any atom is 0.358 e. The standard InChI is InChI=1S/C19H15N3O4S2/c1-11(16-21-22-17(26-16)12-5-7-13(24-2)8-6-12)25-19(23)14-10-28-18(20-14)15-4-3-9-27-15/h3-11H,1-2H3/t11-/m1/s1. The molecule has 1 aromatic carbocycles. The Morgan fingerprint density at radius 2 is 1.96 bits per heavy atom. The number of nitrogens with zero attached hydrogens (tertiary/aromatic N) is 3. The highest BCUT2D eigenvalue weighted by molar-refractivity contribution is 7.20. The molecular formula is C19H15N3O4S2. The van der Waals surface area contributed by atoms with Crippen molar-refractivity contribution in [2.24, 2.45) is 0 Å². The molecule has 0 saturated heterocycles. The van der Waals surface area contributed by atoms with Crippen LogP contribution in [0.4, 0.5) is 0 Å². The van der Waals surface area contributed by atoms with Crippen molar-refractivity contribution in [1.82, 2.24) is 15.2 Å². The van der Waals surface area contributed by atoms with Crippen molar-refractivity contribution < 1.29 is 18.7 Å². The number of esters is 1. The van der Waals surface area contributed by atoms with Crippen LogP contribution < -0.4 is 4.74 Å². The number of aromatic nitrogens is 3. The molecule has 0 radical (unpaired) electrons. The molecule has 0 amide bonds. The van der Waals surface area contributed by atoms with E-state index < -0.39 is 12.1 Å². The van der Waals surface area contributed by atoms with Crippen molar-refractivity contribution in [2.75, 3.05) is 7.11 Å². The molecule has 4 rings (SSSR count).